The second-order valence-corrected chi connectivity index (χ2v) is 7.61. The molecule has 4 rings (SSSR count). The first-order valence-electron chi connectivity index (χ1n) is 8.35. The van der Waals surface area contributed by atoms with Gasteiger partial charge in [0, 0.05) is 35.7 Å². The minimum Gasteiger partial charge on any atom is -0.343 e. The topological polar surface area (TPSA) is 121 Å². The number of hydrogen-bond acceptors (Lipinski definition) is 5. The van der Waals surface area contributed by atoms with Gasteiger partial charge in [0.2, 0.25) is 0 Å². The van der Waals surface area contributed by atoms with Crippen molar-refractivity contribution >= 4 is 17.3 Å². The smallest absolute Gasteiger partial charge is 0.270 e. The molecular formula is C18H18N4O4. The highest BCUT2D eigenvalue weighted by molar-refractivity contribution is 6.01. The second-order valence-electron chi connectivity index (χ2n) is 7.61. The Labute approximate surface area is 148 Å². The molecule has 0 fully saturated rings. The van der Waals surface area contributed by atoms with Gasteiger partial charge in [0.25, 0.3) is 11.2 Å². The summed E-state index contributed by atoms with van der Waals surface area (Å²) in [6.07, 6.45) is 1.08. The number of Topliss-reactive ketones (excluding diaryl/α,β-unsaturated/α-hetero) is 1. The second kappa shape index (κ2) is 5.42. The van der Waals surface area contributed by atoms with Crippen LogP contribution in [0.4, 0.5) is 11.5 Å². The number of rotatable bonds is 2. The number of fused-ring (bicyclic) bond motifs is 1. The SMILES string of the molecule is CC1(C)CC(=O)C2=C(C1)Nc1[nH][nH]c(=O)c1C2c1ccc([N+](=O)[O-])cc1. The molecule has 1 unspecified atom stereocenters. The molecule has 1 aliphatic heterocycles. The van der Waals surface area contributed by atoms with E-state index in [0.29, 0.717) is 35.4 Å². The van der Waals surface area contributed by atoms with Gasteiger partial charge in [-0.2, -0.15) is 0 Å². The van der Waals surface area contributed by atoms with Crippen LogP contribution in [0.25, 0.3) is 0 Å². The maximum Gasteiger partial charge on any atom is 0.270 e. The Morgan fingerprint density at radius 1 is 1.12 bits per heavy atom. The predicted octanol–water partition coefficient (Wildman–Crippen LogP) is 2.81. The number of hydrogen-bond donors (Lipinski definition) is 3. The van der Waals surface area contributed by atoms with Gasteiger partial charge in [0.1, 0.15) is 5.82 Å². The van der Waals surface area contributed by atoms with E-state index in [9.17, 15) is 19.7 Å². The van der Waals surface area contributed by atoms with Gasteiger partial charge in [0.15, 0.2) is 5.78 Å². The van der Waals surface area contributed by atoms with Crippen LogP contribution in [0.3, 0.4) is 0 Å². The molecule has 8 nitrogen and oxygen atoms in total. The molecule has 26 heavy (non-hydrogen) atoms. The van der Waals surface area contributed by atoms with Gasteiger partial charge in [-0.25, -0.2) is 0 Å². The number of nitro groups is 1. The minimum absolute atomic E-state index is 0.00153. The monoisotopic (exact) mass is 354 g/mol. The van der Waals surface area contributed by atoms with Gasteiger partial charge in [-0.1, -0.05) is 26.0 Å². The molecule has 8 heteroatoms. The Hall–Kier alpha value is -3.16. The van der Waals surface area contributed by atoms with Crippen molar-refractivity contribution in [3.63, 3.8) is 0 Å². The van der Waals surface area contributed by atoms with Crippen LogP contribution in [0.5, 0.6) is 0 Å². The number of allylic oxidation sites excluding steroid dienone is 2. The van der Waals surface area contributed by atoms with E-state index in [1.54, 1.807) is 12.1 Å². The fraction of sp³-hybridized carbons (Fsp3) is 0.333. The summed E-state index contributed by atoms with van der Waals surface area (Å²) < 4.78 is 0. The maximum absolute atomic E-state index is 12.9. The van der Waals surface area contributed by atoms with Gasteiger partial charge in [-0.3, -0.25) is 29.9 Å². The van der Waals surface area contributed by atoms with Crippen molar-refractivity contribution in [2.45, 2.75) is 32.6 Å². The van der Waals surface area contributed by atoms with Crippen LogP contribution in [0, 0.1) is 15.5 Å². The van der Waals surface area contributed by atoms with Crippen molar-refractivity contribution in [2.24, 2.45) is 5.41 Å². The van der Waals surface area contributed by atoms with Crippen molar-refractivity contribution in [3.05, 3.63) is 67.1 Å². The molecule has 1 aliphatic carbocycles. The van der Waals surface area contributed by atoms with E-state index in [1.165, 1.54) is 12.1 Å². The van der Waals surface area contributed by atoms with E-state index < -0.39 is 10.8 Å². The molecule has 0 radical (unpaired) electrons. The number of nitrogens with zero attached hydrogens (tertiary/aromatic N) is 1. The van der Waals surface area contributed by atoms with Gasteiger partial charge in [-0.05, 0) is 17.4 Å². The summed E-state index contributed by atoms with van der Waals surface area (Å²) in [5.74, 6) is 0.00149. The number of non-ortho nitro benzene ring substituents is 1. The number of nitrogens with one attached hydrogen (secondary N) is 3. The minimum atomic E-state index is -0.541. The van der Waals surface area contributed by atoms with Crippen LogP contribution in [-0.2, 0) is 4.79 Å². The normalized spacial score (nSPS) is 21.0. The van der Waals surface area contributed by atoms with Crippen molar-refractivity contribution in [3.8, 4) is 0 Å². The highest BCUT2D eigenvalue weighted by Gasteiger charge is 2.42. The van der Waals surface area contributed by atoms with Crippen molar-refractivity contribution in [1.29, 1.82) is 0 Å². The highest BCUT2D eigenvalue weighted by Crippen LogP contribution is 2.47. The number of ketones is 1. The average molecular weight is 354 g/mol. The van der Waals surface area contributed by atoms with Crippen LogP contribution in [0.1, 0.15) is 43.7 Å². The molecule has 1 aromatic heterocycles. The summed E-state index contributed by atoms with van der Waals surface area (Å²) in [5.41, 5.74) is 2.00. The van der Waals surface area contributed by atoms with E-state index in [4.69, 9.17) is 0 Å². The molecule has 134 valence electrons. The van der Waals surface area contributed by atoms with Crippen LogP contribution in [-0.4, -0.2) is 20.9 Å². The summed E-state index contributed by atoms with van der Waals surface area (Å²) >= 11 is 0. The number of benzene rings is 1. The Morgan fingerprint density at radius 2 is 1.81 bits per heavy atom. The summed E-state index contributed by atoms with van der Waals surface area (Å²) in [6, 6.07) is 6.02. The van der Waals surface area contributed by atoms with Crippen LogP contribution in [0.15, 0.2) is 40.3 Å². The molecule has 1 atom stereocenters. The molecule has 2 aliphatic rings. The lowest BCUT2D eigenvalue weighted by Crippen LogP contribution is -2.34. The van der Waals surface area contributed by atoms with Gasteiger partial charge in [0.05, 0.1) is 10.5 Å². The lowest BCUT2D eigenvalue weighted by atomic mass is 9.69. The number of H-pyrrole nitrogens is 2. The third-order valence-corrected chi connectivity index (χ3v) is 5.03. The number of aromatic amines is 2. The number of anilines is 1. The van der Waals surface area contributed by atoms with Crippen LogP contribution in [0.2, 0.25) is 0 Å². The van der Waals surface area contributed by atoms with E-state index in [2.05, 4.69) is 15.5 Å². The standard InChI is InChI=1S/C18H18N4O4/c1-18(2)7-11-14(12(23)8-18)13(15-16(19-11)20-21-17(15)24)9-3-5-10(6-4-9)22(25)26/h3-6,13H,7-8H2,1-2H3,(H3,19,20,21,24). The van der Waals surface area contributed by atoms with Gasteiger partial charge in [-0.15, -0.1) is 0 Å². The lowest BCUT2D eigenvalue weighted by molar-refractivity contribution is -0.384. The third-order valence-electron chi connectivity index (χ3n) is 5.03. The summed E-state index contributed by atoms with van der Waals surface area (Å²) in [6.45, 7) is 4.07. The van der Waals surface area contributed by atoms with Crippen LogP contribution >= 0.6 is 0 Å². The average Bonchev–Trinajstić information content (AvgIpc) is 2.93. The first-order valence-corrected chi connectivity index (χ1v) is 8.35. The highest BCUT2D eigenvalue weighted by atomic mass is 16.6. The molecule has 3 N–H and O–H groups in total. The van der Waals surface area contributed by atoms with E-state index in [-0.39, 0.29) is 22.4 Å². The quantitative estimate of drug-likeness (QED) is 0.565. The van der Waals surface area contributed by atoms with E-state index >= 15 is 0 Å². The Kier molecular flexibility index (Phi) is 3.40. The summed E-state index contributed by atoms with van der Waals surface area (Å²) in [5, 5.41) is 19.5. The first-order chi connectivity index (χ1) is 12.3. The Morgan fingerprint density at radius 3 is 2.46 bits per heavy atom. The number of nitro benzene ring substituents is 1. The molecule has 0 bridgehead atoms. The van der Waals surface area contributed by atoms with Crippen molar-refractivity contribution in [1.82, 2.24) is 10.2 Å². The summed E-state index contributed by atoms with van der Waals surface area (Å²) in [4.78, 5) is 35.7. The van der Waals surface area contributed by atoms with Gasteiger partial charge >= 0.3 is 0 Å². The zero-order valence-corrected chi connectivity index (χ0v) is 14.4. The maximum atomic E-state index is 12.9. The molecule has 0 amide bonds. The molecule has 2 aromatic rings. The van der Waals surface area contributed by atoms with Crippen molar-refractivity contribution in [2.75, 3.05) is 5.32 Å². The number of aromatic nitrogens is 2. The Balaban J connectivity index is 1.90. The van der Waals surface area contributed by atoms with E-state index in [0.717, 1.165) is 5.70 Å². The third kappa shape index (κ3) is 2.45. The Bertz CT molecular complexity index is 1010. The summed E-state index contributed by atoms with van der Waals surface area (Å²) in [7, 11) is 0. The van der Waals surface area contributed by atoms with Crippen LogP contribution < -0.4 is 10.9 Å². The zero-order valence-electron chi connectivity index (χ0n) is 14.4. The number of carbonyl (C=O) groups excluding carboxylic acids is 1. The molecule has 0 saturated heterocycles. The first kappa shape index (κ1) is 16.3. The predicted molar refractivity (Wildman–Crippen MR) is 95.0 cm³/mol. The molecular weight excluding hydrogens is 336 g/mol. The molecule has 2 heterocycles. The molecule has 0 saturated carbocycles. The van der Waals surface area contributed by atoms with Crippen molar-refractivity contribution < 1.29 is 9.72 Å². The zero-order chi connectivity index (χ0) is 18.6. The van der Waals surface area contributed by atoms with E-state index in [1.807, 2.05) is 13.8 Å². The largest absolute Gasteiger partial charge is 0.343 e. The fourth-order valence-electron chi connectivity index (χ4n) is 3.94. The molecule has 0 spiro atoms. The number of carbonyl (C=O) groups is 1. The lowest BCUT2D eigenvalue weighted by Gasteiger charge is -2.37. The fourth-order valence-corrected chi connectivity index (χ4v) is 3.94. The molecule has 1 aromatic carbocycles. The van der Waals surface area contributed by atoms with Gasteiger partial charge < -0.3 is 5.32 Å².